The summed E-state index contributed by atoms with van der Waals surface area (Å²) in [6.07, 6.45) is 0.337. The molecule has 1 amide bonds. The number of carbonyl (C=O) groups excluding carboxylic acids is 1. The van der Waals surface area contributed by atoms with Crippen molar-refractivity contribution in [1.29, 1.82) is 0 Å². The second-order valence-corrected chi connectivity index (χ2v) is 7.58. The second-order valence-electron chi connectivity index (χ2n) is 5.81. The van der Waals surface area contributed by atoms with Crippen LogP contribution >= 0.6 is 0 Å². The zero-order valence-electron chi connectivity index (χ0n) is 12.4. The van der Waals surface area contributed by atoms with Crippen LogP contribution in [0, 0.1) is 0 Å². The molecule has 2 N–H and O–H groups in total. The number of fused-ring (bicyclic) bond motifs is 1. The summed E-state index contributed by atoms with van der Waals surface area (Å²) in [6.45, 7) is 3.57. The fourth-order valence-electron chi connectivity index (χ4n) is 2.51. The van der Waals surface area contributed by atoms with Crippen LogP contribution in [0.5, 0.6) is 0 Å². The molecular weight excluding hydrogens is 292 g/mol. The van der Waals surface area contributed by atoms with Crippen molar-refractivity contribution in [2.75, 3.05) is 25.1 Å². The molecule has 0 saturated heterocycles. The van der Waals surface area contributed by atoms with E-state index >= 15 is 0 Å². The van der Waals surface area contributed by atoms with E-state index in [0.717, 1.165) is 11.3 Å². The average Bonchev–Trinajstić information content (AvgIpc) is 2.42. The van der Waals surface area contributed by atoms with E-state index < -0.39 is 15.4 Å². The molecular formula is C14H20N2O4S. The minimum Gasteiger partial charge on any atom is -0.395 e. The highest BCUT2D eigenvalue weighted by Gasteiger charge is 2.35. The van der Waals surface area contributed by atoms with Gasteiger partial charge in [-0.05, 0) is 23.8 Å². The summed E-state index contributed by atoms with van der Waals surface area (Å²) >= 11 is 0. The molecule has 0 aliphatic carbocycles. The normalized spacial score (nSPS) is 17.7. The lowest BCUT2D eigenvalue weighted by atomic mass is 9.77. The number of nitrogens with one attached hydrogen (secondary N) is 1. The molecule has 1 aliphatic heterocycles. The first-order valence-corrected chi connectivity index (χ1v) is 8.19. The van der Waals surface area contributed by atoms with Crippen LogP contribution in [0.2, 0.25) is 0 Å². The van der Waals surface area contributed by atoms with Gasteiger partial charge in [0.2, 0.25) is 15.9 Å². The molecule has 0 bridgehead atoms. The van der Waals surface area contributed by atoms with Gasteiger partial charge in [-0.2, -0.15) is 0 Å². The molecule has 0 atom stereocenters. The van der Waals surface area contributed by atoms with Gasteiger partial charge in [-0.3, -0.25) is 4.79 Å². The lowest BCUT2D eigenvalue weighted by molar-refractivity contribution is -0.119. The molecule has 0 spiro atoms. The van der Waals surface area contributed by atoms with Crippen LogP contribution < -0.4 is 9.62 Å². The maximum atomic E-state index is 12.1. The van der Waals surface area contributed by atoms with E-state index in [0.29, 0.717) is 6.42 Å². The minimum atomic E-state index is -3.65. The first-order chi connectivity index (χ1) is 9.69. The van der Waals surface area contributed by atoms with E-state index in [1.807, 2.05) is 13.8 Å². The van der Waals surface area contributed by atoms with Crippen molar-refractivity contribution in [3.05, 3.63) is 23.8 Å². The second kappa shape index (κ2) is 5.40. The van der Waals surface area contributed by atoms with Crippen LogP contribution in [0.4, 0.5) is 5.69 Å². The molecule has 1 heterocycles. The SMILES string of the molecule is CN1C(=O)CC(C)(C)c2cc(S(=O)(=O)NCCO)ccc21. The van der Waals surface area contributed by atoms with Crippen molar-refractivity contribution in [1.82, 2.24) is 4.72 Å². The summed E-state index contributed by atoms with van der Waals surface area (Å²) in [5.74, 6) is 0.0153. The third-order valence-electron chi connectivity index (χ3n) is 3.74. The summed E-state index contributed by atoms with van der Waals surface area (Å²) in [4.78, 5) is 13.7. The highest BCUT2D eigenvalue weighted by molar-refractivity contribution is 7.89. The minimum absolute atomic E-state index is 0.0153. The fourth-order valence-corrected chi connectivity index (χ4v) is 3.55. The summed E-state index contributed by atoms with van der Waals surface area (Å²) in [7, 11) is -1.96. The van der Waals surface area contributed by atoms with Crippen LogP contribution in [-0.2, 0) is 20.2 Å². The Morgan fingerprint density at radius 1 is 1.38 bits per heavy atom. The molecule has 0 unspecified atom stereocenters. The Morgan fingerprint density at radius 3 is 2.67 bits per heavy atom. The number of carbonyl (C=O) groups is 1. The van der Waals surface area contributed by atoms with E-state index in [-0.39, 0.29) is 24.0 Å². The van der Waals surface area contributed by atoms with Crippen LogP contribution in [0.1, 0.15) is 25.8 Å². The summed E-state index contributed by atoms with van der Waals surface area (Å²) in [5.41, 5.74) is 1.15. The average molecular weight is 312 g/mol. The Hall–Kier alpha value is -1.44. The maximum absolute atomic E-state index is 12.1. The topological polar surface area (TPSA) is 86.7 Å². The Kier molecular flexibility index (Phi) is 4.10. The number of benzene rings is 1. The molecule has 1 aromatic carbocycles. The van der Waals surface area contributed by atoms with Crippen LogP contribution in [0.25, 0.3) is 0 Å². The van der Waals surface area contributed by atoms with Gasteiger partial charge < -0.3 is 10.0 Å². The highest BCUT2D eigenvalue weighted by Crippen LogP contribution is 2.40. The van der Waals surface area contributed by atoms with Gasteiger partial charge in [-0.15, -0.1) is 0 Å². The van der Waals surface area contributed by atoms with E-state index in [9.17, 15) is 13.2 Å². The molecule has 6 nitrogen and oxygen atoms in total. The van der Waals surface area contributed by atoms with Gasteiger partial charge in [-0.25, -0.2) is 13.1 Å². The van der Waals surface area contributed by atoms with Gasteiger partial charge in [0.25, 0.3) is 0 Å². The van der Waals surface area contributed by atoms with Gasteiger partial charge in [0.1, 0.15) is 0 Å². The third kappa shape index (κ3) is 2.95. The van der Waals surface area contributed by atoms with E-state index in [1.54, 1.807) is 24.1 Å². The fraction of sp³-hybridized carbons (Fsp3) is 0.500. The zero-order chi connectivity index (χ0) is 15.8. The highest BCUT2D eigenvalue weighted by atomic mass is 32.2. The number of hydrogen-bond donors (Lipinski definition) is 2. The van der Waals surface area contributed by atoms with Crippen molar-refractivity contribution in [2.45, 2.75) is 30.6 Å². The molecule has 1 aliphatic rings. The van der Waals surface area contributed by atoms with Crippen molar-refractivity contribution in [3.63, 3.8) is 0 Å². The molecule has 21 heavy (non-hydrogen) atoms. The van der Waals surface area contributed by atoms with Gasteiger partial charge >= 0.3 is 0 Å². The summed E-state index contributed by atoms with van der Waals surface area (Å²) in [6, 6.07) is 4.74. The molecule has 7 heteroatoms. The largest absolute Gasteiger partial charge is 0.395 e. The lowest BCUT2D eigenvalue weighted by Crippen LogP contribution is -2.39. The molecule has 0 radical (unpaired) electrons. The van der Waals surface area contributed by atoms with Crippen LogP contribution in [0.15, 0.2) is 23.1 Å². The number of hydrogen-bond acceptors (Lipinski definition) is 4. The number of rotatable bonds is 4. The smallest absolute Gasteiger partial charge is 0.240 e. The quantitative estimate of drug-likeness (QED) is 0.852. The summed E-state index contributed by atoms with van der Waals surface area (Å²) < 4.78 is 26.6. The number of sulfonamides is 1. The third-order valence-corrected chi connectivity index (χ3v) is 5.20. The number of amides is 1. The van der Waals surface area contributed by atoms with Crippen LogP contribution in [0.3, 0.4) is 0 Å². The van der Waals surface area contributed by atoms with Crippen molar-refractivity contribution in [2.24, 2.45) is 0 Å². The molecule has 0 saturated carbocycles. The Balaban J connectivity index is 2.50. The monoisotopic (exact) mass is 312 g/mol. The predicted octanol–water partition coefficient (Wildman–Crippen LogP) is 0.601. The Labute approximate surface area is 124 Å². The standard InChI is InChI=1S/C14H20N2O4S/c1-14(2)9-13(18)16(3)12-5-4-10(8-11(12)14)21(19,20)15-6-7-17/h4-5,8,15,17H,6-7,9H2,1-3H3. The number of aliphatic hydroxyl groups is 1. The molecule has 1 aromatic rings. The van der Waals surface area contributed by atoms with Gasteiger partial charge in [-0.1, -0.05) is 13.8 Å². The van der Waals surface area contributed by atoms with Gasteiger partial charge in [0.15, 0.2) is 0 Å². The Bertz CT molecular complexity index is 668. The number of anilines is 1. The summed E-state index contributed by atoms with van der Waals surface area (Å²) in [5, 5.41) is 8.74. The van der Waals surface area contributed by atoms with E-state index in [1.165, 1.54) is 6.07 Å². The molecule has 116 valence electrons. The van der Waals surface area contributed by atoms with Crippen molar-refractivity contribution in [3.8, 4) is 0 Å². The Morgan fingerprint density at radius 2 is 2.05 bits per heavy atom. The van der Waals surface area contributed by atoms with E-state index in [2.05, 4.69) is 4.72 Å². The predicted molar refractivity (Wildman–Crippen MR) is 79.8 cm³/mol. The first-order valence-electron chi connectivity index (χ1n) is 6.71. The molecule has 0 fully saturated rings. The zero-order valence-corrected chi connectivity index (χ0v) is 13.2. The van der Waals surface area contributed by atoms with Crippen molar-refractivity contribution < 1.29 is 18.3 Å². The van der Waals surface area contributed by atoms with Gasteiger partial charge in [0, 0.05) is 31.1 Å². The number of aliphatic hydroxyl groups excluding tert-OH is 1. The molecule has 2 rings (SSSR count). The first kappa shape index (κ1) is 15.9. The maximum Gasteiger partial charge on any atom is 0.240 e. The molecule has 0 aromatic heterocycles. The van der Waals surface area contributed by atoms with E-state index in [4.69, 9.17) is 5.11 Å². The lowest BCUT2D eigenvalue weighted by Gasteiger charge is -2.37. The van der Waals surface area contributed by atoms with Crippen molar-refractivity contribution >= 4 is 21.6 Å². The van der Waals surface area contributed by atoms with Gasteiger partial charge in [0.05, 0.1) is 11.5 Å². The van der Waals surface area contributed by atoms with Crippen LogP contribution in [-0.4, -0.2) is 39.6 Å². The number of nitrogens with zero attached hydrogens (tertiary/aromatic N) is 1.